The maximum Gasteiger partial charge on any atom is 0.237 e. The number of nitrogens with zero attached hydrogens (tertiary/aromatic N) is 4. The van der Waals surface area contributed by atoms with Gasteiger partial charge in [-0.25, -0.2) is 9.37 Å². The van der Waals surface area contributed by atoms with Gasteiger partial charge in [-0.2, -0.15) is 0 Å². The average molecular weight is 433 g/mol. The molecule has 2 heterocycles. The molecule has 0 unspecified atom stereocenters. The Kier molecular flexibility index (Phi) is 6.04. The molecular weight excluding hydrogens is 403 g/mol. The molecule has 32 heavy (non-hydrogen) atoms. The van der Waals surface area contributed by atoms with E-state index < -0.39 is 0 Å². The Balaban J connectivity index is 1.15. The topological polar surface area (TPSA) is 41.4 Å². The van der Waals surface area contributed by atoms with Crippen molar-refractivity contribution in [2.75, 3.05) is 26.2 Å². The predicted octanol–water partition coefficient (Wildman–Crippen LogP) is 3.31. The molecule has 166 valence electrons. The van der Waals surface area contributed by atoms with Gasteiger partial charge in [0.25, 0.3) is 0 Å². The molecule has 1 aromatic heterocycles. The Morgan fingerprint density at radius 1 is 1.03 bits per heavy atom. The molecule has 1 amide bonds. The van der Waals surface area contributed by atoms with E-state index in [-0.39, 0.29) is 11.7 Å². The number of halogens is 1. The van der Waals surface area contributed by atoms with E-state index in [0.717, 1.165) is 57.4 Å². The van der Waals surface area contributed by atoms with Crippen molar-refractivity contribution < 1.29 is 9.18 Å². The van der Waals surface area contributed by atoms with Crippen LogP contribution < -0.4 is 0 Å². The lowest BCUT2D eigenvalue weighted by atomic mass is 9.86. The zero-order valence-corrected chi connectivity index (χ0v) is 18.3. The van der Waals surface area contributed by atoms with Gasteiger partial charge in [0, 0.05) is 44.6 Å². The normalized spacial score (nSPS) is 19.2. The lowest BCUT2D eigenvalue weighted by Gasteiger charge is -2.41. The fraction of sp³-hybridized carbons (Fsp3) is 0.385. The Bertz CT molecular complexity index is 1060. The molecule has 6 heteroatoms. The van der Waals surface area contributed by atoms with E-state index in [2.05, 4.69) is 37.5 Å². The fourth-order valence-electron chi connectivity index (χ4n) is 4.99. The zero-order valence-electron chi connectivity index (χ0n) is 18.3. The van der Waals surface area contributed by atoms with E-state index in [1.165, 1.54) is 28.8 Å². The second-order valence-electron chi connectivity index (χ2n) is 8.97. The van der Waals surface area contributed by atoms with Gasteiger partial charge >= 0.3 is 0 Å². The number of carbonyl (C=O) groups is 1. The molecule has 0 saturated carbocycles. The second kappa shape index (κ2) is 9.25. The van der Waals surface area contributed by atoms with E-state index in [9.17, 15) is 9.18 Å². The van der Waals surface area contributed by atoms with Crippen LogP contribution in [0.25, 0.3) is 0 Å². The average Bonchev–Trinajstić information content (AvgIpc) is 3.31. The number of carbonyl (C=O) groups excluding carboxylic acids is 1. The van der Waals surface area contributed by atoms with Gasteiger partial charge in [-0.3, -0.25) is 9.69 Å². The van der Waals surface area contributed by atoms with Crippen LogP contribution in [0, 0.1) is 5.82 Å². The Hall–Kier alpha value is -2.99. The maximum absolute atomic E-state index is 13.1. The van der Waals surface area contributed by atoms with Gasteiger partial charge in [0.1, 0.15) is 5.82 Å². The standard InChI is InChI=1S/C26H29FN4O/c27-24-6-2-20(3-7-24)9-11-29-13-14-31(26(32)18-29)25-8-5-22-15-21(1-4-23(22)16-25)17-30-12-10-28-19-30/h1-4,6-7,10,12,15,19,25H,5,8-9,11,13-14,16-18H2/t25-/m0/s1. The number of piperazine rings is 1. The highest BCUT2D eigenvalue weighted by Gasteiger charge is 2.31. The van der Waals surface area contributed by atoms with Crippen molar-refractivity contribution in [1.29, 1.82) is 0 Å². The van der Waals surface area contributed by atoms with Crippen LogP contribution >= 0.6 is 0 Å². The SMILES string of the molecule is O=C1CN(CCc2ccc(F)cc2)CCN1[C@H]1CCc2cc(Cn3ccnc3)ccc2C1. The lowest BCUT2D eigenvalue weighted by Crippen LogP contribution is -2.55. The minimum absolute atomic E-state index is 0.207. The number of benzene rings is 2. The summed E-state index contributed by atoms with van der Waals surface area (Å²) in [5.74, 6) is 0.0292. The van der Waals surface area contributed by atoms with E-state index in [0.29, 0.717) is 12.6 Å². The summed E-state index contributed by atoms with van der Waals surface area (Å²) >= 11 is 0. The zero-order chi connectivity index (χ0) is 21.9. The molecule has 1 aliphatic carbocycles. The summed E-state index contributed by atoms with van der Waals surface area (Å²) in [4.78, 5) is 21.4. The third-order valence-corrected chi connectivity index (χ3v) is 6.80. The van der Waals surface area contributed by atoms with Gasteiger partial charge in [0.05, 0.1) is 12.9 Å². The highest BCUT2D eigenvalue weighted by molar-refractivity contribution is 5.79. The molecule has 1 saturated heterocycles. The molecule has 0 radical (unpaired) electrons. The van der Waals surface area contributed by atoms with Crippen LogP contribution in [0.4, 0.5) is 4.39 Å². The Morgan fingerprint density at radius 2 is 1.88 bits per heavy atom. The van der Waals surface area contributed by atoms with Crippen molar-refractivity contribution in [2.24, 2.45) is 0 Å². The van der Waals surface area contributed by atoms with Crippen LogP contribution in [-0.4, -0.2) is 57.5 Å². The molecule has 1 atom stereocenters. The van der Waals surface area contributed by atoms with Crippen molar-refractivity contribution in [3.63, 3.8) is 0 Å². The molecule has 1 fully saturated rings. The molecule has 5 rings (SSSR count). The number of imidazole rings is 1. The van der Waals surface area contributed by atoms with E-state index >= 15 is 0 Å². The monoisotopic (exact) mass is 432 g/mol. The number of aryl methyl sites for hydroxylation is 1. The number of rotatable bonds is 6. The summed E-state index contributed by atoms with van der Waals surface area (Å²) in [5, 5.41) is 0. The van der Waals surface area contributed by atoms with Crippen molar-refractivity contribution in [2.45, 2.75) is 38.3 Å². The van der Waals surface area contributed by atoms with Crippen molar-refractivity contribution in [3.8, 4) is 0 Å². The molecule has 2 aromatic carbocycles. The molecule has 3 aromatic rings. The van der Waals surface area contributed by atoms with Gasteiger partial charge < -0.3 is 9.47 Å². The van der Waals surface area contributed by atoms with Crippen molar-refractivity contribution >= 4 is 5.91 Å². The quantitative estimate of drug-likeness (QED) is 0.600. The molecule has 0 bridgehead atoms. The Morgan fingerprint density at radius 3 is 2.66 bits per heavy atom. The van der Waals surface area contributed by atoms with Crippen LogP contribution in [-0.2, 0) is 30.6 Å². The van der Waals surface area contributed by atoms with Crippen molar-refractivity contribution in [1.82, 2.24) is 19.4 Å². The highest BCUT2D eigenvalue weighted by atomic mass is 19.1. The van der Waals surface area contributed by atoms with Crippen LogP contribution in [0.1, 0.15) is 28.7 Å². The minimum atomic E-state index is -0.207. The first-order valence-corrected chi connectivity index (χ1v) is 11.5. The number of hydrogen-bond acceptors (Lipinski definition) is 3. The third-order valence-electron chi connectivity index (χ3n) is 6.80. The number of hydrogen-bond donors (Lipinski definition) is 0. The smallest absolute Gasteiger partial charge is 0.237 e. The molecule has 5 nitrogen and oxygen atoms in total. The minimum Gasteiger partial charge on any atom is -0.337 e. The summed E-state index contributed by atoms with van der Waals surface area (Å²) in [6, 6.07) is 13.7. The van der Waals surface area contributed by atoms with Gasteiger partial charge in [0.2, 0.25) is 5.91 Å². The molecule has 0 N–H and O–H groups in total. The second-order valence-corrected chi connectivity index (χ2v) is 8.97. The van der Waals surface area contributed by atoms with E-state index in [4.69, 9.17) is 0 Å². The lowest BCUT2D eigenvalue weighted by molar-refractivity contribution is -0.138. The molecule has 0 spiro atoms. The summed E-state index contributed by atoms with van der Waals surface area (Å²) < 4.78 is 15.2. The van der Waals surface area contributed by atoms with E-state index in [1.54, 1.807) is 0 Å². The maximum atomic E-state index is 13.1. The predicted molar refractivity (Wildman–Crippen MR) is 122 cm³/mol. The third kappa shape index (κ3) is 4.75. The molecule has 1 aliphatic heterocycles. The molecule has 2 aliphatic rings. The fourth-order valence-corrected chi connectivity index (χ4v) is 4.99. The van der Waals surface area contributed by atoms with Gasteiger partial charge in [0.15, 0.2) is 0 Å². The summed E-state index contributed by atoms with van der Waals surface area (Å²) in [6.45, 7) is 3.85. The first-order chi connectivity index (χ1) is 15.6. The number of amides is 1. The van der Waals surface area contributed by atoms with E-state index in [1.807, 2.05) is 30.9 Å². The highest BCUT2D eigenvalue weighted by Crippen LogP contribution is 2.27. The van der Waals surface area contributed by atoms with Crippen molar-refractivity contribution in [3.05, 3.63) is 89.3 Å². The van der Waals surface area contributed by atoms with Gasteiger partial charge in [-0.05, 0) is 60.1 Å². The molecular formula is C26H29FN4O. The Labute approximate surface area is 188 Å². The number of fused-ring (bicyclic) bond motifs is 1. The van der Waals surface area contributed by atoms with Crippen LogP contribution in [0.5, 0.6) is 0 Å². The summed E-state index contributed by atoms with van der Waals surface area (Å²) in [6.07, 6.45) is 9.48. The van der Waals surface area contributed by atoms with Gasteiger partial charge in [-0.1, -0.05) is 30.3 Å². The first kappa shape index (κ1) is 20.9. The van der Waals surface area contributed by atoms with Gasteiger partial charge in [-0.15, -0.1) is 0 Å². The summed E-state index contributed by atoms with van der Waals surface area (Å²) in [5.41, 5.74) is 5.20. The largest absolute Gasteiger partial charge is 0.337 e. The van der Waals surface area contributed by atoms with Crippen LogP contribution in [0.2, 0.25) is 0 Å². The summed E-state index contributed by atoms with van der Waals surface area (Å²) in [7, 11) is 0. The first-order valence-electron chi connectivity index (χ1n) is 11.5. The van der Waals surface area contributed by atoms with Crippen LogP contribution in [0.15, 0.2) is 61.2 Å². The number of aromatic nitrogens is 2. The van der Waals surface area contributed by atoms with Crippen LogP contribution in [0.3, 0.4) is 0 Å².